The Morgan fingerprint density at radius 3 is 2.79 bits per heavy atom. The van der Waals surface area contributed by atoms with E-state index in [1.54, 1.807) is 12.3 Å². The maximum Gasteiger partial charge on any atom is 0.304 e. The van der Waals surface area contributed by atoms with Gasteiger partial charge in [-0.25, -0.2) is 0 Å². The molecule has 2 aromatic rings. The normalized spacial score (nSPS) is 12.1. The summed E-state index contributed by atoms with van der Waals surface area (Å²) in [6.45, 7) is 1.96. The van der Waals surface area contributed by atoms with E-state index >= 15 is 0 Å². The summed E-state index contributed by atoms with van der Waals surface area (Å²) in [5, 5.41) is 13.6. The Labute approximate surface area is 109 Å². The number of furan rings is 1. The van der Waals surface area contributed by atoms with Crippen LogP contribution in [0.2, 0.25) is 0 Å². The molecule has 1 N–H and O–H groups in total. The van der Waals surface area contributed by atoms with Gasteiger partial charge < -0.3 is 9.73 Å². The molecular weight excluding hydrogens is 251 g/mol. The Hall–Kier alpha value is -2.37. The van der Waals surface area contributed by atoms with Crippen LogP contribution in [-0.4, -0.2) is 4.92 Å². The zero-order valence-corrected chi connectivity index (χ0v) is 10.3. The molecule has 0 aliphatic carbocycles. The molecule has 0 amide bonds. The van der Waals surface area contributed by atoms with Gasteiger partial charge in [-0.3, -0.25) is 10.1 Å². The summed E-state index contributed by atoms with van der Waals surface area (Å²) in [5.41, 5.74) is -0.0528. The SMILES string of the molecule is CCC(Nc1ccc([N+](=O)[O-])c(F)c1)c1ccco1. The number of nitrogens with one attached hydrogen (secondary N) is 1. The molecule has 0 saturated carbocycles. The molecule has 6 heteroatoms. The van der Waals surface area contributed by atoms with Gasteiger partial charge >= 0.3 is 5.69 Å². The lowest BCUT2D eigenvalue weighted by Gasteiger charge is -2.15. The third kappa shape index (κ3) is 2.90. The summed E-state index contributed by atoms with van der Waals surface area (Å²) < 4.78 is 18.8. The van der Waals surface area contributed by atoms with Crippen LogP contribution in [0.3, 0.4) is 0 Å². The second-order valence-corrected chi connectivity index (χ2v) is 4.04. The molecule has 0 aliphatic rings. The molecule has 2 rings (SSSR count). The van der Waals surface area contributed by atoms with Gasteiger partial charge in [-0.05, 0) is 24.6 Å². The van der Waals surface area contributed by atoms with E-state index in [1.165, 1.54) is 6.07 Å². The number of nitro benzene ring substituents is 1. The van der Waals surface area contributed by atoms with Gasteiger partial charge in [-0.15, -0.1) is 0 Å². The number of anilines is 1. The third-order valence-electron chi connectivity index (χ3n) is 2.78. The van der Waals surface area contributed by atoms with Crippen molar-refractivity contribution in [1.29, 1.82) is 0 Å². The third-order valence-corrected chi connectivity index (χ3v) is 2.78. The zero-order valence-electron chi connectivity index (χ0n) is 10.3. The first kappa shape index (κ1) is 13.1. The predicted octanol–water partition coefficient (Wildman–Crippen LogP) is 3.89. The quantitative estimate of drug-likeness (QED) is 0.657. The Morgan fingerprint density at radius 1 is 1.47 bits per heavy atom. The van der Waals surface area contributed by atoms with Crippen LogP contribution in [0.1, 0.15) is 25.1 Å². The molecule has 1 unspecified atom stereocenters. The number of halogens is 1. The number of nitrogens with zero attached hydrogens (tertiary/aromatic N) is 1. The maximum atomic E-state index is 13.5. The highest BCUT2D eigenvalue weighted by atomic mass is 19.1. The first-order valence-electron chi connectivity index (χ1n) is 5.85. The number of nitro groups is 1. The molecule has 1 heterocycles. The van der Waals surface area contributed by atoms with Crippen LogP contribution < -0.4 is 5.32 Å². The summed E-state index contributed by atoms with van der Waals surface area (Å²) >= 11 is 0. The molecule has 100 valence electrons. The topological polar surface area (TPSA) is 68.3 Å². The minimum atomic E-state index is -0.857. The highest BCUT2D eigenvalue weighted by Crippen LogP contribution is 2.26. The lowest BCUT2D eigenvalue weighted by Crippen LogP contribution is -2.09. The van der Waals surface area contributed by atoms with Gasteiger partial charge in [0.05, 0.1) is 17.2 Å². The number of hydrogen-bond acceptors (Lipinski definition) is 4. The Morgan fingerprint density at radius 2 is 2.26 bits per heavy atom. The van der Waals surface area contributed by atoms with Crippen LogP contribution >= 0.6 is 0 Å². The standard InChI is InChI=1S/C13H13FN2O3/c1-2-11(13-4-3-7-19-13)15-9-5-6-12(16(17)18)10(14)8-9/h3-8,11,15H,2H2,1H3. The highest BCUT2D eigenvalue weighted by molar-refractivity contribution is 5.50. The van der Waals surface area contributed by atoms with E-state index in [0.29, 0.717) is 5.69 Å². The van der Waals surface area contributed by atoms with Crippen molar-refractivity contribution in [3.05, 3.63) is 58.3 Å². The van der Waals surface area contributed by atoms with Gasteiger partial charge in [0, 0.05) is 17.8 Å². The van der Waals surface area contributed by atoms with Crippen molar-refractivity contribution in [2.75, 3.05) is 5.32 Å². The summed E-state index contributed by atoms with van der Waals surface area (Å²) in [4.78, 5) is 9.78. The smallest absolute Gasteiger partial charge is 0.304 e. The van der Waals surface area contributed by atoms with Gasteiger partial charge in [0.2, 0.25) is 5.82 Å². The molecule has 5 nitrogen and oxygen atoms in total. The second kappa shape index (κ2) is 5.51. The summed E-state index contributed by atoms with van der Waals surface area (Å²) in [7, 11) is 0. The highest BCUT2D eigenvalue weighted by Gasteiger charge is 2.16. The minimum Gasteiger partial charge on any atom is -0.467 e. The number of benzene rings is 1. The van der Waals surface area contributed by atoms with Crippen molar-refractivity contribution in [2.45, 2.75) is 19.4 Å². The fraction of sp³-hybridized carbons (Fsp3) is 0.231. The van der Waals surface area contributed by atoms with E-state index in [-0.39, 0.29) is 6.04 Å². The Bertz CT molecular complexity index is 569. The molecule has 0 aliphatic heterocycles. The fourth-order valence-electron chi connectivity index (χ4n) is 1.81. The average molecular weight is 264 g/mol. The van der Waals surface area contributed by atoms with Crippen molar-refractivity contribution >= 4 is 11.4 Å². The van der Waals surface area contributed by atoms with Crippen LogP contribution in [0.5, 0.6) is 0 Å². The van der Waals surface area contributed by atoms with E-state index < -0.39 is 16.4 Å². The number of hydrogen-bond donors (Lipinski definition) is 1. The second-order valence-electron chi connectivity index (χ2n) is 4.04. The Kier molecular flexibility index (Phi) is 3.79. The van der Waals surface area contributed by atoms with Crippen molar-refractivity contribution < 1.29 is 13.7 Å². The molecule has 1 aromatic carbocycles. The molecule has 0 bridgehead atoms. The monoisotopic (exact) mass is 264 g/mol. The van der Waals surface area contributed by atoms with Crippen LogP contribution in [0.15, 0.2) is 41.0 Å². The van der Waals surface area contributed by atoms with Crippen molar-refractivity contribution in [1.82, 2.24) is 0 Å². The molecule has 1 atom stereocenters. The van der Waals surface area contributed by atoms with Crippen molar-refractivity contribution in [3.8, 4) is 0 Å². The predicted molar refractivity (Wildman–Crippen MR) is 68.4 cm³/mol. The summed E-state index contributed by atoms with van der Waals surface area (Å²) in [6.07, 6.45) is 2.31. The molecule has 0 fully saturated rings. The average Bonchev–Trinajstić information content (AvgIpc) is 2.89. The van der Waals surface area contributed by atoms with Crippen molar-refractivity contribution in [3.63, 3.8) is 0 Å². The first-order valence-corrected chi connectivity index (χ1v) is 5.85. The molecule has 0 radical (unpaired) electrons. The van der Waals surface area contributed by atoms with Gasteiger partial charge in [-0.1, -0.05) is 6.92 Å². The van der Waals surface area contributed by atoms with E-state index in [1.807, 2.05) is 13.0 Å². The van der Waals surface area contributed by atoms with E-state index in [2.05, 4.69) is 5.32 Å². The largest absolute Gasteiger partial charge is 0.467 e. The maximum absolute atomic E-state index is 13.5. The zero-order chi connectivity index (χ0) is 13.8. The lowest BCUT2D eigenvalue weighted by atomic mass is 10.1. The van der Waals surface area contributed by atoms with Crippen LogP contribution in [0.4, 0.5) is 15.8 Å². The van der Waals surface area contributed by atoms with Crippen LogP contribution in [0, 0.1) is 15.9 Å². The van der Waals surface area contributed by atoms with Gasteiger partial charge in [-0.2, -0.15) is 4.39 Å². The van der Waals surface area contributed by atoms with E-state index in [4.69, 9.17) is 4.42 Å². The van der Waals surface area contributed by atoms with Crippen LogP contribution in [-0.2, 0) is 0 Å². The summed E-state index contributed by atoms with van der Waals surface area (Å²) in [6, 6.07) is 7.23. The molecule has 0 spiro atoms. The molecule has 19 heavy (non-hydrogen) atoms. The lowest BCUT2D eigenvalue weighted by molar-refractivity contribution is -0.387. The summed E-state index contributed by atoms with van der Waals surface area (Å²) in [5.74, 6) is -0.120. The van der Waals surface area contributed by atoms with Crippen LogP contribution in [0.25, 0.3) is 0 Å². The Balaban J connectivity index is 2.19. The number of rotatable bonds is 5. The van der Waals surface area contributed by atoms with Crippen molar-refractivity contribution in [2.24, 2.45) is 0 Å². The van der Waals surface area contributed by atoms with Gasteiger partial charge in [0.25, 0.3) is 0 Å². The molecule has 1 aromatic heterocycles. The first-order chi connectivity index (χ1) is 9.11. The van der Waals surface area contributed by atoms with Gasteiger partial charge in [0.15, 0.2) is 0 Å². The van der Waals surface area contributed by atoms with E-state index in [9.17, 15) is 14.5 Å². The fourth-order valence-corrected chi connectivity index (χ4v) is 1.81. The van der Waals surface area contributed by atoms with Gasteiger partial charge in [0.1, 0.15) is 5.76 Å². The molecule has 0 saturated heterocycles. The molecular formula is C13H13FN2O3. The minimum absolute atomic E-state index is 0.101. The van der Waals surface area contributed by atoms with E-state index in [0.717, 1.165) is 24.3 Å².